The van der Waals surface area contributed by atoms with Crippen molar-refractivity contribution >= 4 is 0 Å². The third-order valence-electron chi connectivity index (χ3n) is 4.84. The van der Waals surface area contributed by atoms with Crippen LogP contribution in [0.25, 0.3) is 0 Å². The van der Waals surface area contributed by atoms with E-state index in [0.717, 1.165) is 37.9 Å². The number of fused-ring (bicyclic) bond motifs is 1. The number of unbranched alkanes of at least 4 members (excludes halogenated alkanes) is 1. The smallest absolute Gasteiger partial charge is 0.107 e. The van der Waals surface area contributed by atoms with Crippen LogP contribution in [0.15, 0.2) is 11.6 Å². The fraction of sp³-hybridized carbons (Fsp3) is 0.875. The highest BCUT2D eigenvalue weighted by Crippen LogP contribution is 2.37. The normalized spacial score (nSPS) is 39.5. The van der Waals surface area contributed by atoms with Crippen molar-refractivity contribution in [3.05, 3.63) is 11.6 Å². The molecule has 2 aliphatic heterocycles. The lowest BCUT2D eigenvalue weighted by molar-refractivity contribution is -0.110. The van der Waals surface area contributed by atoms with Gasteiger partial charge in [-0.1, -0.05) is 32.8 Å². The zero-order chi connectivity index (χ0) is 14.0. The van der Waals surface area contributed by atoms with E-state index in [-0.39, 0.29) is 6.04 Å². The molecule has 0 radical (unpaired) electrons. The molecule has 0 amide bonds. The highest BCUT2D eigenvalue weighted by atomic mass is 16.3. The van der Waals surface area contributed by atoms with Crippen molar-refractivity contribution in [2.45, 2.75) is 70.6 Å². The van der Waals surface area contributed by atoms with Crippen LogP contribution in [0.3, 0.4) is 0 Å². The molecule has 2 rings (SSSR count). The van der Waals surface area contributed by atoms with Gasteiger partial charge in [0.15, 0.2) is 0 Å². The van der Waals surface area contributed by atoms with E-state index in [1.165, 1.54) is 12.8 Å². The fourth-order valence-electron chi connectivity index (χ4n) is 3.67. The first-order valence-electron chi connectivity index (χ1n) is 7.82. The Hall–Kier alpha value is -0.380. The largest absolute Gasteiger partial charge is 0.386 e. The Balaban J connectivity index is 2.10. The predicted octanol–water partition coefficient (Wildman–Crippen LogP) is 2.33. The van der Waals surface area contributed by atoms with E-state index in [1.54, 1.807) is 6.92 Å². The number of hydrogen-bond donors (Lipinski definition) is 2. The monoisotopic (exact) mass is 267 g/mol. The summed E-state index contributed by atoms with van der Waals surface area (Å²) >= 11 is 0. The standard InChI is InChI=1S/C16H29NO2/c1-4-5-7-12(2)10-13-11-17-9-6-8-14(17)16(3,19)15(13)18/h10,12,14-15,18-19H,4-9,11H2,1-3H3/b13-10+/t12-,14+,15-,16-/m1/s1. The van der Waals surface area contributed by atoms with Crippen molar-refractivity contribution in [2.24, 2.45) is 5.92 Å². The minimum Gasteiger partial charge on any atom is -0.386 e. The van der Waals surface area contributed by atoms with Gasteiger partial charge in [0.2, 0.25) is 0 Å². The van der Waals surface area contributed by atoms with Crippen LogP contribution >= 0.6 is 0 Å². The van der Waals surface area contributed by atoms with Gasteiger partial charge >= 0.3 is 0 Å². The number of aliphatic hydroxyl groups excluding tert-OH is 1. The zero-order valence-corrected chi connectivity index (χ0v) is 12.6. The lowest BCUT2D eigenvalue weighted by atomic mass is 9.80. The summed E-state index contributed by atoms with van der Waals surface area (Å²) < 4.78 is 0. The molecule has 2 fully saturated rings. The number of nitrogens with zero attached hydrogens (tertiary/aromatic N) is 1. The maximum atomic E-state index is 10.6. The number of piperidine rings is 1. The van der Waals surface area contributed by atoms with Crippen LogP contribution in [0, 0.1) is 5.92 Å². The number of allylic oxidation sites excluding steroid dienone is 1. The Morgan fingerprint density at radius 3 is 2.95 bits per heavy atom. The second-order valence-electron chi connectivity index (χ2n) is 6.62. The Bertz CT molecular complexity index is 338. The molecule has 2 saturated heterocycles. The van der Waals surface area contributed by atoms with Crippen molar-refractivity contribution in [3.63, 3.8) is 0 Å². The van der Waals surface area contributed by atoms with Gasteiger partial charge in [-0.05, 0) is 44.2 Å². The molecule has 0 aromatic heterocycles. The summed E-state index contributed by atoms with van der Waals surface area (Å²) in [5, 5.41) is 21.1. The van der Waals surface area contributed by atoms with Gasteiger partial charge in [0.1, 0.15) is 11.7 Å². The van der Waals surface area contributed by atoms with Crippen LogP contribution in [0.1, 0.15) is 52.9 Å². The molecule has 110 valence electrons. The minimum atomic E-state index is -0.995. The van der Waals surface area contributed by atoms with Gasteiger partial charge in [-0.25, -0.2) is 0 Å². The summed E-state index contributed by atoms with van der Waals surface area (Å²) in [6, 6.07) is 0.130. The zero-order valence-electron chi connectivity index (χ0n) is 12.6. The van der Waals surface area contributed by atoms with Crippen LogP contribution < -0.4 is 0 Å². The summed E-state index contributed by atoms with van der Waals surface area (Å²) in [6.45, 7) is 8.09. The molecule has 0 aliphatic carbocycles. The van der Waals surface area contributed by atoms with Crippen molar-refractivity contribution < 1.29 is 10.2 Å². The molecule has 3 nitrogen and oxygen atoms in total. The first-order valence-corrected chi connectivity index (χ1v) is 7.82. The van der Waals surface area contributed by atoms with Crippen molar-refractivity contribution in [3.8, 4) is 0 Å². The molecule has 0 bridgehead atoms. The Morgan fingerprint density at radius 1 is 1.53 bits per heavy atom. The summed E-state index contributed by atoms with van der Waals surface area (Å²) in [4.78, 5) is 2.34. The Morgan fingerprint density at radius 2 is 2.26 bits per heavy atom. The Kier molecular flexibility index (Phi) is 4.70. The molecule has 19 heavy (non-hydrogen) atoms. The summed E-state index contributed by atoms with van der Waals surface area (Å²) in [7, 11) is 0. The van der Waals surface area contributed by atoms with Gasteiger partial charge in [-0.2, -0.15) is 0 Å². The molecule has 0 saturated carbocycles. The van der Waals surface area contributed by atoms with Gasteiger partial charge in [-0.3, -0.25) is 4.90 Å². The third-order valence-corrected chi connectivity index (χ3v) is 4.84. The van der Waals surface area contributed by atoms with E-state index >= 15 is 0 Å². The SMILES string of the molecule is CCCC[C@@H](C)/C=C1\CN2CCC[C@H]2[C@@](C)(O)[C@@H]1O. The molecule has 2 aliphatic rings. The second-order valence-corrected chi connectivity index (χ2v) is 6.62. The molecule has 3 heteroatoms. The maximum Gasteiger partial charge on any atom is 0.107 e. The van der Waals surface area contributed by atoms with Crippen LogP contribution in [0.4, 0.5) is 0 Å². The Labute approximate surface area is 117 Å². The first-order chi connectivity index (χ1) is 8.96. The first kappa shape index (κ1) is 15.0. The molecule has 2 heterocycles. The van der Waals surface area contributed by atoms with Crippen molar-refractivity contribution in [1.29, 1.82) is 0 Å². The van der Waals surface area contributed by atoms with Gasteiger partial charge < -0.3 is 10.2 Å². The highest BCUT2D eigenvalue weighted by molar-refractivity contribution is 5.23. The lowest BCUT2D eigenvalue weighted by Crippen LogP contribution is -2.61. The summed E-state index contributed by atoms with van der Waals surface area (Å²) in [6.07, 6.45) is 7.23. The molecule has 0 spiro atoms. The second kappa shape index (κ2) is 5.94. The van der Waals surface area contributed by atoms with E-state index in [0.29, 0.717) is 5.92 Å². The predicted molar refractivity (Wildman–Crippen MR) is 78.0 cm³/mol. The van der Waals surface area contributed by atoms with Crippen LogP contribution in [-0.2, 0) is 0 Å². The molecule has 2 N–H and O–H groups in total. The average Bonchev–Trinajstić information content (AvgIpc) is 2.82. The molecule has 0 aromatic rings. The van der Waals surface area contributed by atoms with Crippen molar-refractivity contribution in [1.82, 2.24) is 4.90 Å². The van der Waals surface area contributed by atoms with Crippen LogP contribution in [0.2, 0.25) is 0 Å². The van der Waals surface area contributed by atoms with E-state index in [4.69, 9.17) is 0 Å². The third kappa shape index (κ3) is 3.04. The fourth-order valence-corrected chi connectivity index (χ4v) is 3.67. The lowest BCUT2D eigenvalue weighted by Gasteiger charge is -2.46. The molecule has 4 atom stereocenters. The number of aliphatic hydroxyl groups is 2. The molecular weight excluding hydrogens is 238 g/mol. The van der Waals surface area contributed by atoms with Gasteiger partial charge in [0.05, 0.1) is 0 Å². The van der Waals surface area contributed by atoms with Crippen LogP contribution in [-0.4, -0.2) is 45.9 Å². The van der Waals surface area contributed by atoms with Crippen molar-refractivity contribution in [2.75, 3.05) is 13.1 Å². The highest BCUT2D eigenvalue weighted by Gasteiger charge is 2.49. The van der Waals surface area contributed by atoms with E-state index < -0.39 is 11.7 Å². The summed E-state index contributed by atoms with van der Waals surface area (Å²) in [5.74, 6) is 0.486. The maximum absolute atomic E-state index is 10.6. The molecular formula is C16H29NO2. The minimum absolute atomic E-state index is 0.130. The number of hydrogen-bond acceptors (Lipinski definition) is 3. The quantitative estimate of drug-likeness (QED) is 0.768. The number of rotatable bonds is 4. The van der Waals surface area contributed by atoms with E-state index in [1.807, 2.05) is 0 Å². The topological polar surface area (TPSA) is 43.7 Å². The van der Waals surface area contributed by atoms with E-state index in [9.17, 15) is 10.2 Å². The average molecular weight is 267 g/mol. The molecule has 0 aromatic carbocycles. The van der Waals surface area contributed by atoms with Gasteiger partial charge in [-0.15, -0.1) is 0 Å². The van der Waals surface area contributed by atoms with Gasteiger partial charge in [0, 0.05) is 12.6 Å². The van der Waals surface area contributed by atoms with E-state index in [2.05, 4.69) is 24.8 Å². The summed E-state index contributed by atoms with van der Waals surface area (Å²) in [5.41, 5.74) is 0.0252. The van der Waals surface area contributed by atoms with Gasteiger partial charge in [0.25, 0.3) is 0 Å². The molecule has 0 unspecified atom stereocenters. The van der Waals surface area contributed by atoms with Crippen LogP contribution in [0.5, 0.6) is 0 Å².